The van der Waals surface area contributed by atoms with Gasteiger partial charge in [0.25, 0.3) is 0 Å². The summed E-state index contributed by atoms with van der Waals surface area (Å²) in [5.74, 6) is 1.44. The fourth-order valence-electron chi connectivity index (χ4n) is 2.59. The third-order valence-corrected chi connectivity index (χ3v) is 3.87. The van der Waals surface area contributed by atoms with E-state index in [0.29, 0.717) is 5.75 Å². The number of nitrogens with zero attached hydrogens (tertiary/aromatic N) is 2. The van der Waals surface area contributed by atoms with Crippen molar-refractivity contribution >= 4 is 16.6 Å². The first-order valence-corrected chi connectivity index (χ1v) is 7.71. The zero-order valence-electron chi connectivity index (χ0n) is 13.8. The molecule has 0 unspecified atom stereocenters. The molecule has 0 spiro atoms. The lowest BCUT2D eigenvalue weighted by Crippen LogP contribution is -2.28. The highest BCUT2D eigenvalue weighted by atomic mass is 16.5. The number of hydrogen-bond acceptors (Lipinski definition) is 5. The van der Waals surface area contributed by atoms with Crippen LogP contribution >= 0.6 is 0 Å². The molecule has 0 saturated carbocycles. The second-order valence-electron chi connectivity index (χ2n) is 5.01. The van der Waals surface area contributed by atoms with Crippen LogP contribution in [-0.4, -0.2) is 50.3 Å². The highest BCUT2D eigenvalue weighted by Gasteiger charge is 2.14. The molecule has 0 aliphatic rings. The molecule has 0 atom stereocenters. The minimum atomic E-state index is 0.716. The monoisotopic (exact) mass is 303 g/mol. The summed E-state index contributed by atoms with van der Waals surface area (Å²) in [5, 5.41) is 4.43. The van der Waals surface area contributed by atoms with Crippen LogP contribution in [0.2, 0.25) is 0 Å². The van der Waals surface area contributed by atoms with E-state index in [-0.39, 0.29) is 0 Å². The fraction of sp³-hybridized carbons (Fsp3) is 0.471. The Morgan fingerprint density at radius 2 is 1.95 bits per heavy atom. The minimum Gasteiger partial charge on any atom is -0.493 e. The van der Waals surface area contributed by atoms with Gasteiger partial charge in [0.1, 0.15) is 0 Å². The number of pyridine rings is 1. The molecule has 0 amide bonds. The van der Waals surface area contributed by atoms with Gasteiger partial charge in [-0.25, -0.2) is 0 Å². The highest BCUT2D eigenvalue weighted by molar-refractivity contribution is 5.97. The van der Waals surface area contributed by atoms with Gasteiger partial charge in [-0.2, -0.15) is 0 Å². The van der Waals surface area contributed by atoms with E-state index in [9.17, 15) is 0 Å². The van der Waals surface area contributed by atoms with Gasteiger partial charge in [-0.15, -0.1) is 0 Å². The van der Waals surface area contributed by atoms with Crippen LogP contribution in [0.4, 0.5) is 5.69 Å². The Balaban J connectivity index is 2.29. The summed E-state index contributed by atoms with van der Waals surface area (Å²) in [4.78, 5) is 6.87. The maximum absolute atomic E-state index is 5.48. The van der Waals surface area contributed by atoms with Gasteiger partial charge in [-0.05, 0) is 25.2 Å². The molecule has 1 N–H and O–H groups in total. The Labute approximate surface area is 132 Å². The average molecular weight is 303 g/mol. The lowest BCUT2D eigenvalue weighted by molar-refractivity contribution is 0.316. The third-order valence-electron chi connectivity index (χ3n) is 3.87. The van der Waals surface area contributed by atoms with E-state index in [1.807, 2.05) is 18.2 Å². The Bertz CT molecular complexity index is 612. The number of anilines is 1. The van der Waals surface area contributed by atoms with Crippen molar-refractivity contribution in [3.05, 3.63) is 24.4 Å². The Morgan fingerprint density at radius 1 is 1.18 bits per heavy atom. The molecular weight excluding hydrogens is 278 g/mol. The number of benzene rings is 1. The first-order chi connectivity index (χ1) is 10.7. The number of ether oxygens (including phenoxy) is 2. The number of methoxy groups -OCH3 is 2. The molecule has 1 heterocycles. The third kappa shape index (κ3) is 3.42. The van der Waals surface area contributed by atoms with Gasteiger partial charge in [0, 0.05) is 30.7 Å². The molecule has 0 radical (unpaired) electrons. The Hall–Kier alpha value is -2.01. The van der Waals surface area contributed by atoms with Crippen molar-refractivity contribution in [3.8, 4) is 11.5 Å². The summed E-state index contributed by atoms with van der Waals surface area (Å²) in [6.07, 6.45) is 1.80. The Morgan fingerprint density at radius 3 is 2.59 bits per heavy atom. The van der Waals surface area contributed by atoms with E-state index < -0.39 is 0 Å². The van der Waals surface area contributed by atoms with Gasteiger partial charge < -0.3 is 19.7 Å². The molecule has 0 saturated heterocycles. The molecule has 22 heavy (non-hydrogen) atoms. The molecule has 5 heteroatoms. The molecule has 2 aromatic rings. The van der Waals surface area contributed by atoms with Crippen molar-refractivity contribution in [1.29, 1.82) is 0 Å². The number of fused-ring (bicyclic) bond motifs is 1. The van der Waals surface area contributed by atoms with Gasteiger partial charge in [0.2, 0.25) is 0 Å². The minimum absolute atomic E-state index is 0.716. The van der Waals surface area contributed by atoms with Crippen LogP contribution in [-0.2, 0) is 0 Å². The van der Waals surface area contributed by atoms with Crippen LogP contribution in [0, 0.1) is 0 Å². The summed E-state index contributed by atoms with van der Waals surface area (Å²) < 4.78 is 10.9. The molecule has 0 bridgehead atoms. The van der Waals surface area contributed by atoms with E-state index in [0.717, 1.165) is 48.5 Å². The van der Waals surface area contributed by atoms with Gasteiger partial charge >= 0.3 is 0 Å². The maximum atomic E-state index is 5.48. The summed E-state index contributed by atoms with van der Waals surface area (Å²) in [6.45, 7) is 8.33. The van der Waals surface area contributed by atoms with Crippen molar-refractivity contribution in [3.63, 3.8) is 0 Å². The quantitative estimate of drug-likeness (QED) is 0.812. The first kappa shape index (κ1) is 16.4. The summed E-state index contributed by atoms with van der Waals surface area (Å²) in [6, 6.07) is 5.86. The molecule has 120 valence electrons. The van der Waals surface area contributed by atoms with Crippen LogP contribution in [0.5, 0.6) is 11.5 Å². The number of rotatable bonds is 8. The summed E-state index contributed by atoms with van der Waals surface area (Å²) in [7, 11) is 3.30. The average Bonchev–Trinajstić information content (AvgIpc) is 2.58. The number of hydrogen-bond donors (Lipinski definition) is 1. The number of aromatic nitrogens is 1. The van der Waals surface area contributed by atoms with Crippen molar-refractivity contribution < 1.29 is 9.47 Å². The largest absolute Gasteiger partial charge is 0.493 e. The molecule has 0 aliphatic carbocycles. The molecule has 5 nitrogen and oxygen atoms in total. The first-order valence-electron chi connectivity index (χ1n) is 7.71. The lowest BCUT2D eigenvalue weighted by atomic mass is 10.1. The van der Waals surface area contributed by atoms with E-state index in [1.54, 1.807) is 20.4 Å². The fourth-order valence-corrected chi connectivity index (χ4v) is 2.59. The van der Waals surface area contributed by atoms with E-state index in [2.05, 4.69) is 29.0 Å². The van der Waals surface area contributed by atoms with E-state index >= 15 is 0 Å². The van der Waals surface area contributed by atoms with Crippen LogP contribution < -0.4 is 14.8 Å². The van der Waals surface area contributed by atoms with E-state index in [4.69, 9.17) is 9.47 Å². The second kappa shape index (κ2) is 7.84. The molecule has 2 rings (SSSR count). The van der Waals surface area contributed by atoms with Crippen molar-refractivity contribution in [2.24, 2.45) is 0 Å². The predicted molar refractivity (Wildman–Crippen MR) is 91.1 cm³/mol. The van der Waals surface area contributed by atoms with Gasteiger partial charge in [0.05, 0.1) is 25.4 Å². The lowest BCUT2D eigenvalue weighted by Gasteiger charge is -2.19. The molecule has 1 aromatic heterocycles. The topological polar surface area (TPSA) is 46.6 Å². The Kier molecular flexibility index (Phi) is 5.83. The van der Waals surface area contributed by atoms with Crippen molar-refractivity contribution in [1.82, 2.24) is 9.88 Å². The summed E-state index contributed by atoms with van der Waals surface area (Å²) in [5.41, 5.74) is 1.88. The van der Waals surface area contributed by atoms with Crippen molar-refractivity contribution in [2.75, 3.05) is 45.7 Å². The number of nitrogens with one attached hydrogen (secondary N) is 1. The predicted octanol–water partition coefficient (Wildman–Crippen LogP) is 3.01. The SMILES string of the molecule is CCN(CC)CCNc1cc(OC)c(OC)c2cccnc12. The zero-order valence-corrected chi connectivity index (χ0v) is 13.8. The highest BCUT2D eigenvalue weighted by Crippen LogP contribution is 2.38. The van der Waals surface area contributed by atoms with Gasteiger partial charge in [-0.3, -0.25) is 4.98 Å². The standard InChI is InChI=1S/C17H25N3O2/c1-5-20(6-2)11-10-18-14-12-15(21-3)17(22-4)13-8-7-9-19-16(13)14/h7-9,12,18H,5-6,10-11H2,1-4H3. The molecule has 1 aromatic carbocycles. The molecule has 0 fully saturated rings. The van der Waals surface area contributed by atoms with Gasteiger partial charge in [-0.1, -0.05) is 13.8 Å². The zero-order chi connectivity index (χ0) is 15.9. The smallest absolute Gasteiger partial charge is 0.170 e. The molecular formula is C17H25N3O2. The van der Waals surface area contributed by atoms with Crippen LogP contribution in [0.25, 0.3) is 10.9 Å². The summed E-state index contributed by atoms with van der Waals surface area (Å²) >= 11 is 0. The van der Waals surface area contributed by atoms with Crippen LogP contribution in [0.3, 0.4) is 0 Å². The van der Waals surface area contributed by atoms with E-state index in [1.165, 1.54) is 0 Å². The number of likely N-dealkylation sites (N-methyl/N-ethyl adjacent to an activating group) is 1. The maximum Gasteiger partial charge on any atom is 0.170 e. The second-order valence-corrected chi connectivity index (χ2v) is 5.01. The van der Waals surface area contributed by atoms with Crippen LogP contribution in [0.15, 0.2) is 24.4 Å². The van der Waals surface area contributed by atoms with Crippen molar-refractivity contribution in [2.45, 2.75) is 13.8 Å². The molecule has 0 aliphatic heterocycles. The van der Waals surface area contributed by atoms with Crippen LogP contribution in [0.1, 0.15) is 13.8 Å². The normalized spacial score (nSPS) is 11.0. The van der Waals surface area contributed by atoms with Gasteiger partial charge in [0.15, 0.2) is 11.5 Å².